The highest BCUT2D eigenvalue weighted by Gasteiger charge is 2.13. The topological polar surface area (TPSA) is 46.2 Å². The molecule has 2 aromatic rings. The van der Waals surface area contributed by atoms with Gasteiger partial charge in [-0.1, -0.05) is 31.5 Å². The van der Waals surface area contributed by atoms with Gasteiger partial charge in [-0.2, -0.15) is 0 Å². The molecule has 0 fully saturated rings. The molecule has 0 spiro atoms. The zero-order valence-electron chi connectivity index (χ0n) is 12.2. The van der Waals surface area contributed by atoms with Crippen LogP contribution in [-0.2, 0) is 22.9 Å². The highest BCUT2D eigenvalue weighted by atomic mass is 32.2. The van der Waals surface area contributed by atoms with Crippen LogP contribution in [0.2, 0.25) is 0 Å². The van der Waals surface area contributed by atoms with E-state index in [1.54, 1.807) is 23.5 Å². The maximum absolute atomic E-state index is 12.2. The maximum atomic E-state index is 12.2. The van der Waals surface area contributed by atoms with Crippen molar-refractivity contribution in [3.63, 3.8) is 0 Å². The van der Waals surface area contributed by atoms with E-state index in [1.807, 2.05) is 29.6 Å². The van der Waals surface area contributed by atoms with Gasteiger partial charge in [-0.05, 0) is 48.4 Å². The molecule has 0 atom stereocenters. The summed E-state index contributed by atoms with van der Waals surface area (Å²) in [6, 6.07) is 11.2. The Bertz CT molecular complexity index is 631. The molecule has 0 radical (unpaired) electrons. The number of benzene rings is 1. The number of thiophene rings is 1. The van der Waals surface area contributed by atoms with Crippen LogP contribution in [0, 0.1) is 0 Å². The molecule has 1 aromatic heterocycles. The van der Waals surface area contributed by atoms with Gasteiger partial charge in [0.1, 0.15) is 0 Å². The van der Waals surface area contributed by atoms with Gasteiger partial charge in [-0.3, -0.25) is 0 Å². The first-order valence-electron chi connectivity index (χ1n) is 7.23. The second kappa shape index (κ2) is 7.73. The lowest BCUT2D eigenvalue weighted by Gasteiger charge is -2.07. The van der Waals surface area contributed by atoms with Gasteiger partial charge in [0.2, 0.25) is 10.0 Å². The Morgan fingerprint density at radius 3 is 2.48 bits per heavy atom. The lowest BCUT2D eigenvalue weighted by Crippen LogP contribution is -2.25. The average Bonchev–Trinajstić information content (AvgIpc) is 2.98. The molecule has 0 saturated carbocycles. The van der Waals surface area contributed by atoms with Crippen molar-refractivity contribution >= 4 is 21.4 Å². The Morgan fingerprint density at radius 2 is 1.86 bits per heavy atom. The second-order valence-corrected chi connectivity index (χ2v) is 7.77. The largest absolute Gasteiger partial charge is 0.240 e. The van der Waals surface area contributed by atoms with Gasteiger partial charge in [-0.15, -0.1) is 11.3 Å². The fraction of sp³-hybridized carbons (Fsp3) is 0.375. The Balaban J connectivity index is 1.92. The molecule has 3 nitrogen and oxygen atoms in total. The molecule has 2 rings (SSSR count). The van der Waals surface area contributed by atoms with E-state index >= 15 is 0 Å². The first-order chi connectivity index (χ1) is 10.1. The van der Waals surface area contributed by atoms with Crippen molar-refractivity contribution in [2.24, 2.45) is 0 Å². The van der Waals surface area contributed by atoms with E-state index in [0.29, 0.717) is 11.4 Å². The minimum absolute atomic E-state index is 0.342. The molecule has 0 aliphatic heterocycles. The minimum Gasteiger partial charge on any atom is -0.211 e. The number of hydrogen-bond donors (Lipinski definition) is 1. The Labute approximate surface area is 131 Å². The van der Waals surface area contributed by atoms with Crippen LogP contribution in [0.15, 0.2) is 46.7 Å². The van der Waals surface area contributed by atoms with Crippen molar-refractivity contribution in [2.45, 2.75) is 37.5 Å². The lowest BCUT2D eigenvalue weighted by molar-refractivity contribution is 0.582. The SMILES string of the molecule is CCCCc1ccc(S(=O)(=O)NCCc2cccs2)cc1. The standard InChI is InChI=1S/C16H21NO2S2/c1-2-3-5-14-7-9-16(10-8-14)21(18,19)17-12-11-15-6-4-13-20-15/h4,6-10,13,17H,2-3,5,11-12H2,1H3. The van der Waals surface area contributed by atoms with Crippen LogP contribution in [0.1, 0.15) is 30.2 Å². The summed E-state index contributed by atoms with van der Waals surface area (Å²) in [5.41, 5.74) is 1.19. The summed E-state index contributed by atoms with van der Waals surface area (Å²) in [5, 5.41) is 2.00. The highest BCUT2D eigenvalue weighted by molar-refractivity contribution is 7.89. The lowest BCUT2D eigenvalue weighted by atomic mass is 10.1. The van der Waals surface area contributed by atoms with E-state index in [1.165, 1.54) is 10.4 Å². The number of hydrogen-bond acceptors (Lipinski definition) is 3. The van der Waals surface area contributed by atoms with Crippen LogP contribution < -0.4 is 4.72 Å². The Kier molecular flexibility index (Phi) is 5.96. The van der Waals surface area contributed by atoms with Crippen molar-refractivity contribution in [2.75, 3.05) is 6.54 Å². The zero-order chi connectivity index (χ0) is 15.1. The number of nitrogens with one attached hydrogen (secondary N) is 1. The zero-order valence-corrected chi connectivity index (χ0v) is 13.8. The molecule has 1 heterocycles. The third kappa shape index (κ3) is 4.95. The van der Waals surface area contributed by atoms with Gasteiger partial charge in [0.15, 0.2) is 0 Å². The van der Waals surface area contributed by atoms with E-state index in [0.717, 1.165) is 25.7 Å². The Morgan fingerprint density at radius 1 is 1.10 bits per heavy atom. The number of unbranched alkanes of at least 4 members (excludes halogenated alkanes) is 1. The van der Waals surface area contributed by atoms with Gasteiger partial charge in [0, 0.05) is 11.4 Å². The predicted octanol–water partition coefficient (Wildman–Crippen LogP) is 3.61. The molecule has 114 valence electrons. The number of sulfonamides is 1. The van der Waals surface area contributed by atoms with E-state index in [9.17, 15) is 8.42 Å². The molecule has 0 amide bonds. The average molecular weight is 323 g/mol. The van der Waals surface area contributed by atoms with Crippen molar-refractivity contribution in [3.8, 4) is 0 Å². The first-order valence-corrected chi connectivity index (χ1v) is 9.59. The van der Waals surface area contributed by atoms with Gasteiger partial charge in [0.05, 0.1) is 4.90 Å². The van der Waals surface area contributed by atoms with Crippen LogP contribution >= 0.6 is 11.3 Å². The summed E-state index contributed by atoms with van der Waals surface area (Å²) in [5.74, 6) is 0. The third-order valence-electron chi connectivity index (χ3n) is 3.30. The van der Waals surface area contributed by atoms with E-state index < -0.39 is 10.0 Å². The molecule has 0 aliphatic rings. The summed E-state index contributed by atoms with van der Waals surface area (Å²) in [7, 11) is -3.40. The fourth-order valence-electron chi connectivity index (χ4n) is 2.06. The molecule has 0 aliphatic carbocycles. The van der Waals surface area contributed by atoms with Crippen LogP contribution in [-0.4, -0.2) is 15.0 Å². The number of aryl methyl sites for hydroxylation is 1. The fourth-order valence-corrected chi connectivity index (χ4v) is 3.80. The molecule has 1 N–H and O–H groups in total. The van der Waals surface area contributed by atoms with Gasteiger partial charge < -0.3 is 0 Å². The van der Waals surface area contributed by atoms with Crippen LogP contribution in [0.3, 0.4) is 0 Å². The smallest absolute Gasteiger partial charge is 0.211 e. The van der Waals surface area contributed by atoms with Crippen molar-refractivity contribution in [1.29, 1.82) is 0 Å². The molecule has 0 bridgehead atoms. The first kappa shape index (κ1) is 16.2. The quantitative estimate of drug-likeness (QED) is 0.806. The normalized spacial score (nSPS) is 11.7. The summed E-state index contributed by atoms with van der Waals surface area (Å²) >= 11 is 1.64. The Hall–Kier alpha value is -1.17. The minimum atomic E-state index is -3.40. The summed E-state index contributed by atoms with van der Waals surface area (Å²) < 4.78 is 27.0. The van der Waals surface area contributed by atoms with E-state index in [4.69, 9.17) is 0 Å². The van der Waals surface area contributed by atoms with Crippen LogP contribution in [0.25, 0.3) is 0 Å². The third-order valence-corrected chi connectivity index (χ3v) is 5.71. The molecule has 0 unspecified atom stereocenters. The van der Waals surface area contributed by atoms with E-state index in [2.05, 4.69) is 11.6 Å². The van der Waals surface area contributed by atoms with Crippen LogP contribution in [0.5, 0.6) is 0 Å². The highest BCUT2D eigenvalue weighted by Crippen LogP contribution is 2.13. The molecular formula is C16H21NO2S2. The van der Waals surface area contributed by atoms with Gasteiger partial charge >= 0.3 is 0 Å². The monoisotopic (exact) mass is 323 g/mol. The molecule has 0 saturated heterocycles. The predicted molar refractivity (Wildman–Crippen MR) is 88.3 cm³/mol. The van der Waals surface area contributed by atoms with Crippen molar-refractivity contribution in [1.82, 2.24) is 4.72 Å². The molecular weight excluding hydrogens is 302 g/mol. The maximum Gasteiger partial charge on any atom is 0.240 e. The second-order valence-electron chi connectivity index (χ2n) is 4.97. The molecule has 1 aromatic carbocycles. The summed E-state index contributed by atoms with van der Waals surface area (Å²) in [6.45, 7) is 2.58. The van der Waals surface area contributed by atoms with E-state index in [-0.39, 0.29) is 0 Å². The van der Waals surface area contributed by atoms with Gasteiger partial charge in [-0.25, -0.2) is 13.1 Å². The van der Waals surface area contributed by atoms with Crippen molar-refractivity contribution in [3.05, 3.63) is 52.2 Å². The summed E-state index contributed by atoms with van der Waals surface area (Å²) in [6.07, 6.45) is 4.00. The molecule has 21 heavy (non-hydrogen) atoms. The summed E-state index contributed by atoms with van der Waals surface area (Å²) in [4.78, 5) is 1.53. The van der Waals surface area contributed by atoms with Crippen molar-refractivity contribution < 1.29 is 8.42 Å². The van der Waals surface area contributed by atoms with Gasteiger partial charge in [0.25, 0.3) is 0 Å². The van der Waals surface area contributed by atoms with Crippen LogP contribution in [0.4, 0.5) is 0 Å². The number of rotatable bonds is 8. The molecule has 5 heteroatoms.